The topological polar surface area (TPSA) is 84.2 Å². The zero-order valence-electron chi connectivity index (χ0n) is 15.9. The molecule has 0 saturated heterocycles. The minimum Gasteiger partial charge on any atom is -0.444 e. The molecule has 9 heteroatoms. The maximum absolute atomic E-state index is 12.4. The normalized spacial score (nSPS) is 11.2. The van der Waals surface area contributed by atoms with Crippen molar-refractivity contribution in [3.8, 4) is 11.5 Å². The fourth-order valence-corrected chi connectivity index (χ4v) is 2.64. The average molecular weight is 417 g/mol. The Bertz CT molecular complexity index is 1050. The number of hydrogen-bond acceptors (Lipinski definition) is 4. The largest absolute Gasteiger partial charge is 0.444 e. The lowest BCUT2D eigenvalue weighted by Gasteiger charge is -2.11. The van der Waals surface area contributed by atoms with Crippen LogP contribution in [0.3, 0.4) is 0 Å². The highest BCUT2D eigenvalue weighted by atomic mass is 19.4. The molecule has 0 radical (unpaired) electrons. The molecule has 0 fully saturated rings. The van der Waals surface area contributed by atoms with Crippen LogP contribution >= 0.6 is 0 Å². The highest BCUT2D eigenvalue weighted by molar-refractivity contribution is 5.98. The van der Waals surface area contributed by atoms with Gasteiger partial charge in [-0.2, -0.15) is 13.2 Å². The maximum Gasteiger partial charge on any atom is 0.405 e. The molecule has 3 rings (SSSR count). The maximum atomic E-state index is 12.4. The number of aryl methyl sites for hydroxylation is 1. The van der Waals surface area contributed by atoms with Gasteiger partial charge in [0.2, 0.25) is 11.8 Å². The Kier molecular flexibility index (Phi) is 6.20. The summed E-state index contributed by atoms with van der Waals surface area (Å²) in [6, 6.07) is 13.5. The van der Waals surface area contributed by atoms with E-state index in [4.69, 9.17) is 4.42 Å². The van der Waals surface area contributed by atoms with Crippen LogP contribution in [-0.2, 0) is 11.2 Å². The Hall–Kier alpha value is -3.62. The molecule has 0 aliphatic rings. The first kappa shape index (κ1) is 21.1. The van der Waals surface area contributed by atoms with Crippen molar-refractivity contribution in [3.05, 3.63) is 71.6 Å². The van der Waals surface area contributed by atoms with Crippen molar-refractivity contribution >= 4 is 17.5 Å². The standard InChI is InChI=1S/C21H18F3N3O3/c1-13-7-8-15(19(29)25-12-21(22,23)24)9-17(13)27-18(28)10-16-11-30-20(26-16)14-5-3-2-4-6-14/h2-9,11H,10,12H2,1H3,(H,25,29)(H,27,28). The summed E-state index contributed by atoms with van der Waals surface area (Å²) in [6.07, 6.45) is -3.19. The Morgan fingerprint density at radius 3 is 2.53 bits per heavy atom. The van der Waals surface area contributed by atoms with Gasteiger partial charge in [-0.1, -0.05) is 24.3 Å². The molecule has 30 heavy (non-hydrogen) atoms. The number of alkyl halides is 3. The first-order valence-electron chi connectivity index (χ1n) is 8.96. The minimum absolute atomic E-state index is 0.00736. The lowest BCUT2D eigenvalue weighted by Crippen LogP contribution is -2.33. The van der Waals surface area contributed by atoms with Crippen molar-refractivity contribution < 1.29 is 27.2 Å². The number of oxazole rings is 1. The molecule has 2 N–H and O–H groups in total. The van der Waals surface area contributed by atoms with Crippen molar-refractivity contribution in [3.63, 3.8) is 0 Å². The number of amides is 2. The highest BCUT2D eigenvalue weighted by Crippen LogP contribution is 2.20. The van der Waals surface area contributed by atoms with Gasteiger partial charge < -0.3 is 15.1 Å². The van der Waals surface area contributed by atoms with Gasteiger partial charge in [0, 0.05) is 16.8 Å². The molecule has 0 aliphatic carbocycles. The van der Waals surface area contributed by atoms with Crippen LogP contribution in [0.5, 0.6) is 0 Å². The molecule has 0 unspecified atom stereocenters. The van der Waals surface area contributed by atoms with Gasteiger partial charge in [0.25, 0.3) is 5.91 Å². The predicted octanol–water partition coefficient (Wildman–Crippen LogP) is 4.12. The van der Waals surface area contributed by atoms with Crippen molar-refractivity contribution in [2.75, 3.05) is 11.9 Å². The number of halogens is 3. The number of aromatic nitrogens is 1. The third-order valence-electron chi connectivity index (χ3n) is 4.14. The lowest BCUT2D eigenvalue weighted by atomic mass is 10.1. The minimum atomic E-state index is -4.51. The van der Waals surface area contributed by atoms with Crippen LogP contribution in [-0.4, -0.2) is 29.5 Å². The predicted molar refractivity (Wildman–Crippen MR) is 104 cm³/mol. The van der Waals surface area contributed by atoms with E-state index in [0.717, 1.165) is 5.56 Å². The van der Waals surface area contributed by atoms with E-state index in [1.807, 2.05) is 30.3 Å². The summed E-state index contributed by atoms with van der Waals surface area (Å²) in [7, 11) is 0. The molecule has 6 nitrogen and oxygen atoms in total. The SMILES string of the molecule is Cc1ccc(C(=O)NCC(F)(F)F)cc1NC(=O)Cc1coc(-c2ccccc2)n1. The van der Waals surface area contributed by atoms with E-state index in [0.29, 0.717) is 22.8 Å². The first-order valence-corrected chi connectivity index (χ1v) is 8.96. The van der Waals surface area contributed by atoms with Gasteiger partial charge in [-0.3, -0.25) is 9.59 Å². The number of hydrogen-bond donors (Lipinski definition) is 2. The highest BCUT2D eigenvalue weighted by Gasteiger charge is 2.28. The van der Waals surface area contributed by atoms with Gasteiger partial charge in [0.1, 0.15) is 12.8 Å². The molecule has 2 aromatic carbocycles. The second-order valence-electron chi connectivity index (χ2n) is 6.56. The van der Waals surface area contributed by atoms with Crippen LogP contribution in [0.1, 0.15) is 21.6 Å². The molecule has 1 aromatic heterocycles. The molecular formula is C21H18F3N3O3. The van der Waals surface area contributed by atoms with Crippen molar-refractivity contribution in [2.45, 2.75) is 19.5 Å². The fourth-order valence-electron chi connectivity index (χ4n) is 2.64. The summed E-state index contributed by atoms with van der Waals surface area (Å²) in [5, 5.41) is 4.45. The second kappa shape index (κ2) is 8.81. The molecule has 0 aliphatic heterocycles. The van der Waals surface area contributed by atoms with E-state index in [9.17, 15) is 22.8 Å². The number of anilines is 1. The number of nitrogens with zero attached hydrogens (tertiary/aromatic N) is 1. The number of nitrogens with one attached hydrogen (secondary N) is 2. The molecule has 1 heterocycles. The summed E-state index contributed by atoms with van der Waals surface area (Å²) >= 11 is 0. The van der Waals surface area contributed by atoms with Gasteiger partial charge in [-0.15, -0.1) is 0 Å². The summed E-state index contributed by atoms with van der Waals surface area (Å²) in [5.74, 6) is -0.899. The average Bonchev–Trinajstić information content (AvgIpc) is 3.16. The Balaban J connectivity index is 1.65. The van der Waals surface area contributed by atoms with E-state index in [-0.39, 0.29) is 12.0 Å². The molecule has 2 amide bonds. The third-order valence-corrected chi connectivity index (χ3v) is 4.14. The third kappa shape index (κ3) is 5.69. The van der Waals surface area contributed by atoms with E-state index >= 15 is 0 Å². The number of carbonyl (C=O) groups is 2. The second-order valence-corrected chi connectivity index (χ2v) is 6.56. The molecule has 0 atom stereocenters. The van der Waals surface area contributed by atoms with Crippen LogP contribution in [0.2, 0.25) is 0 Å². The van der Waals surface area contributed by atoms with Gasteiger partial charge in [-0.05, 0) is 36.8 Å². The van der Waals surface area contributed by atoms with E-state index in [1.165, 1.54) is 18.4 Å². The van der Waals surface area contributed by atoms with Crippen LogP contribution in [0.4, 0.5) is 18.9 Å². The zero-order chi connectivity index (χ0) is 21.7. The fraction of sp³-hybridized carbons (Fsp3) is 0.190. The van der Waals surface area contributed by atoms with E-state index in [2.05, 4.69) is 10.3 Å². The molecular weight excluding hydrogens is 399 g/mol. The molecule has 156 valence electrons. The summed E-state index contributed by atoms with van der Waals surface area (Å²) in [6.45, 7) is 0.272. The Morgan fingerprint density at radius 1 is 1.10 bits per heavy atom. The molecule has 0 bridgehead atoms. The molecule has 0 spiro atoms. The van der Waals surface area contributed by atoms with Gasteiger partial charge in [0.05, 0.1) is 12.1 Å². The smallest absolute Gasteiger partial charge is 0.405 e. The quantitative estimate of drug-likeness (QED) is 0.632. The van der Waals surface area contributed by atoms with Gasteiger partial charge in [0.15, 0.2) is 0 Å². The lowest BCUT2D eigenvalue weighted by molar-refractivity contribution is -0.123. The van der Waals surface area contributed by atoms with Crippen molar-refractivity contribution in [1.29, 1.82) is 0 Å². The van der Waals surface area contributed by atoms with Crippen LogP contribution < -0.4 is 10.6 Å². The molecule has 3 aromatic rings. The zero-order valence-corrected chi connectivity index (χ0v) is 15.9. The summed E-state index contributed by atoms with van der Waals surface area (Å²) in [5.41, 5.74) is 2.18. The summed E-state index contributed by atoms with van der Waals surface area (Å²) in [4.78, 5) is 28.6. The Morgan fingerprint density at radius 2 is 1.83 bits per heavy atom. The summed E-state index contributed by atoms with van der Waals surface area (Å²) < 4.78 is 42.2. The van der Waals surface area contributed by atoms with Crippen LogP contribution in [0, 0.1) is 6.92 Å². The van der Waals surface area contributed by atoms with Crippen molar-refractivity contribution in [1.82, 2.24) is 10.3 Å². The number of carbonyl (C=O) groups excluding carboxylic acids is 2. The molecule has 0 saturated carbocycles. The van der Waals surface area contributed by atoms with Crippen LogP contribution in [0.15, 0.2) is 59.2 Å². The number of rotatable bonds is 6. The van der Waals surface area contributed by atoms with Crippen molar-refractivity contribution in [2.24, 2.45) is 0 Å². The first-order chi connectivity index (χ1) is 14.2. The van der Waals surface area contributed by atoms with Gasteiger partial charge >= 0.3 is 6.18 Å². The number of benzene rings is 2. The van der Waals surface area contributed by atoms with Crippen LogP contribution in [0.25, 0.3) is 11.5 Å². The van der Waals surface area contributed by atoms with E-state index < -0.39 is 24.5 Å². The van der Waals surface area contributed by atoms with Gasteiger partial charge in [-0.25, -0.2) is 4.98 Å². The monoisotopic (exact) mass is 417 g/mol. The Labute approximate surface area is 170 Å². The van der Waals surface area contributed by atoms with E-state index in [1.54, 1.807) is 18.3 Å².